The lowest BCUT2D eigenvalue weighted by Gasteiger charge is -2.36. The van der Waals surface area contributed by atoms with Gasteiger partial charge in [0.1, 0.15) is 4.88 Å². The van der Waals surface area contributed by atoms with Crippen molar-refractivity contribution in [2.75, 3.05) is 4.90 Å². The molecule has 3 rings (SSSR count). The number of rotatable bonds is 2. The van der Waals surface area contributed by atoms with Crippen molar-refractivity contribution in [2.45, 2.75) is 43.9 Å². The highest BCUT2D eigenvalue weighted by Gasteiger charge is 2.41. The molecule has 2 bridgehead atoms. The molecule has 92 valence electrons. The number of fused-ring (bicyclic) bond motifs is 2. The van der Waals surface area contributed by atoms with Crippen LogP contribution in [0.25, 0.3) is 0 Å². The number of carbonyl (C=O) groups excluding carboxylic acids is 1. The maximum Gasteiger partial charge on any atom is 0.187 e. The molecular formula is C11H13ClN2O2S. The van der Waals surface area contributed by atoms with Gasteiger partial charge in [-0.1, -0.05) is 22.9 Å². The summed E-state index contributed by atoms with van der Waals surface area (Å²) in [7, 11) is 0. The van der Waals surface area contributed by atoms with Crippen LogP contribution in [0, 0.1) is 0 Å². The maximum atomic E-state index is 10.8. The van der Waals surface area contributed by atoms with Gasteiger partial charge in [0.05, 0.1) is 6.10 Å². The van der Waals surface area contributed by atoms with Gasteiger partial charge in [0, 0.05) is 12.1 Å². The fraction of sp³-hybridized carbons (Fsp3) is 0.636. The summed E-state index contributed by atoms with van der Waals surface area (Å²) in [6, 6.07) is 0.705. The highest BCUT2D eigenvalue weighted by atomic mass is 35.5. The van der Waals surface area contributed by atoms with Crippen molar-refractivity contribution in [2.24, 2.45) is 0 Å². The first-order valence-corrected chi connectivity index (χ1v) is 6.96. The minimum Gasteiger partial charge on any atom is -0.393 e. The average Bonchev–Trinajstić information content (AvgIpc) is 2.77. The number of aliphatic hydroxyl groups is 1. The van der Waals surface area contributed by atoms with Crippen LogP contribution in [0.5, 0.6) is 0 Å². The molecule has 1 aromatic rings. The van der Waals surface area contributed by atoms with Gasteiger partial charge < -0.3 is 10.0 Å². The minimum absolute atomic E-state index is 0.190. The van der Waals surface area contributed by atoms with Gasteiger partial charge in [-0.2, -0.15) is 0 Å². The lowest BCUT2D eigenvalue weighted by molar-refractivity contribution is 0.112. The van der Waals surface area contributed by atoms with Crippen LogP contribution in [0.15, 0.2) is 0 Å². The number of thiazole rings is 1. The molecule has 2 atom stereocenters. The van der Waals surface area contributed by atoms with Crippen molar-refractivity contribution in [3.05, 3.63) is 10.0 Å². The minimum atomic E-state index is -0.190. The van der Waals surface area contributed by atoms with Crippen LogP contribution in [-0.4, -0.2) is 34.6 Å². The first-order valence-electron chi connectivity index (χ1n) is 5.77. The molecular weight excluding hydrogens is 260 g/mol. The smallest absolute Gasteiger partial charge is 0.187 e. The Morgan fingerprint density at radius 3 is 2.59 bits per heavy atom. The Morgan fingerprint density at radius 1 is 1.41 bits per heavy atom. The molecule has 0 aromatic carbocycles. The summed E-state index contributed by atoms with van der Waals surface area (Å²) in [5.74, 6) is 0. The number of hydrogen-bond acceptors (Lipinski definition) is 5. The van der Waals surface area contributed by atoms with Crippen LogP contribution in [0.3, 0.4) is 0 Å². The average molecular weight is 273 g/mol. The van der Waals surface area contributed by atoms with Gasteiger partial charge in [-0.3, -0.25) is 4.79 Å². The zero-order chi connectivity index (χ0) is 12.0. The van der Waals surface area contributed by atoms with E-state index < -0.39 is 0 Å². The van der Waals surface area contributed by atoms with E-state index in [2.05, 4.69) is 9.88 Å². The van der Waals surface area contributed by atoms with E-state index in [1.807, 2.05) is 0 Å². The Bertz CT molecular complexity index is 437. The molecule has 1 aromatic heterocycles. The summed E-state index contributed by atoms with van der Waals surface area (Å²) in [5.41, 5.74) is 0. The zero-order valence-corrected chi connectivity index (χ0v) is 10.7. The molecule has 0 radical (unpaired) electrons. The number of aromatic nitrogens is 1. The lowest BCUT2D eigenvalue weighted by atomic mass is 10.0. The Hall–Kier alpha value is -0.650. The van der Waals surface area contributed by atoms with E-state index in [4.69, 9.17) is 11.6 Å². The molecule has 4 nitrogen and oxygen atoms in total. The van der Waals surface area contributed by atoms with E-state index in [9.17, 15) is 9.90 Å². The number of halogens is 1. The Morgan fingerprint density at radius 2 is 2.06 bits per heavy atom. The molecule has 0 saturated carbocycles. The summed E-state index contributed by atoms with van der Waals surface area (Å²) in [4.78, 5) is 17.8. The van der Waals surface area contributed by atoms with E-state index in [0.29, 0.717) is 22.1 Å². The number of hydrogen-bond donors (Lipinski definition) is 1. The standard InChI is InChI=1S/C11H13ClN2O2S/c12-10-9(5-15)17-11(13-10)14-6-1-2-7(14)4-8(16)3-6/h5-8,16H,1-4H2. The third kappa shape index (κ3) is 1.86. The van der Waals surface area contributed by atoms with E-state index in [-0.39, 0.29) is 6.10 Å². The first kappa shape index (κ1) is 11.4. The highest BCUT2D eigenvalue weighted by Crippen LogP contribution is 2.41. The van der Waals surface area contributed by atoms with Gasteiger partial charge in [0.2, 0.25) is 0 Å². The fourth-order valence-corrected chi connectivity index (χ4v) is 4.15. The fourth-order valence-electron chi connectivity index (χ4n) is 2.95. The Balaban J connectivity index is 1.91. The number of nitrogens with zero attached hydrogens (tertiary/aromatic N) is 2. The number of piperidine rings is 1. The number of anilines is 1. The van der Waals surface area contributed by atoms with Crippen molar-refractivity contribution in [1.82, 2.24) is 4.98 Å². The second kappa shape index (κ2) is 4.23. The Kier molecular flexibility index (Phi) is 2.84. The van der Waals surface area contributed by atoms with E-state index in [1.54, 1.807) is 0 Å². The normalized spacial score (nSPS) is 31.9. The lowest BCUT2D eigenvalue weighted by Crippen LogP contribution is -2.44. The Labute approximate surface area is 108 Å². The van der Waals surface area contributed by atoms with Crippen LogP contribution >= 0.6 is 22.9 Å². The van der Waals surface area contributed by atoms with Crippen molar-refractivity contribution in [3.8, 4) is 0 Å². The van der Waals surface area contributed by atoms with Crippen LogP contribution in [0.4, 0.5) is 5.13 Å². The second-order valence-electron chi connectivity index (χ2n) is 4.69. The maximum absolute atomic E-state index is 10.8. The van der Waals surface area contributed by atoms with Crippen molar-refractivity contribution in [1.29, 1.82) is 0 Å². The van der Waals surface area contributed by atoms with Crippen molar-refractivity contribution in [3.63, 3.8) is 0 Å². The topological polar surface area (TPSA) is 53.4 Å². The largest absolute Gasteiger partial charge is 0.393 e. The molecule has 3 heterocycles. The molecule has 6 heteroatoms. The predicted octanol–water partition coefficient (Wildman–Crippen LogP) is 2.10. The van der Waals surface area contributed by atoms with Crippen LogP contribution in [0.2, 0.25) is 5.15 Å². The van der Waals surface area contributed by atoms with Crippen LogP contribution in [0.1, 0.15) is 35.4 Å². The summed E-state index contributed by atoms with van der Waals surface area (Å²) in [5, 5.41) is 10.9. The summed E-state index contributed by atoms with van der Waals surface area (Å²) < 4.78 is 0. The van der Waals surface area contributed by atoms with Crippen molar-refractivity contribution < 1.29 is 9.90 Å². The van der Waals surface area contributed by atoms with E-state index >= 15 is 0 Å². The van der Waals surface area contributed by atoms with Crippen LogP contribution in [-0.2, 0) is 0 Å². The summed E-state index contributed by atoms with van der Waals surface area (Å²) in [6.07, 6.45) is 4.34. The molecule has 17 heavy (non-hydrogen) atoms. The van der Waals surface area contributed by atoms with Gasteiger partial charge >= 0.3 is 0 Å². The molecule has 2 saturated heterocycles. The SMILES string of the molecule is O=Cc1sc(N2C3CCC2CC(O)C3)nc1Cl. The molecule has 0 amide bonds. The second-order valence-corrected chi connectivity index (χ2v) is 6.05. The summed E-state index contributed by atoms with van der Waals surface area (Å²) in [6.45, 7) is 0. The van der Waals surface area contributed by atoms with Gasteiger partial charge in [0.15, 0.2) is 16.6 Å². The number of carbonyl (C=O) groups is 1. The molecule has 0 aliphatic carbocycles. The summed E-state index contributed by atoms with van der Waals surface area (Å²) >= 11 is 7.25. The predicted molar refractivity (Wildman–Crippen MR) is 67.0 cm³/mol. The van der Waals surface area contributed by atoms with E-state index in [1.165, 1.54) is 11.3 Å². The quantitative estimate of drug-likeness (QED) is 0.838. The molecule has 2 aliphatic heterocycles. The highest BCUT2D eigenvalue weighted by molar-refractivity contribution is 7.17. The zero-order valence-electron chi connectivity index (χ0n) is 9.17. The van der Waals surface area contributed by atoms with E-state index in [0.717, 1.165) is 37.1 Å². The van der Waals surface area contributed by atoms with Gasteiger partial charge in [-0.05, 0) is 25.7 Å². The molecule has 2 unspecified atom stereocenters. The third-order valence-corrected chi connectivity index (χ3v) is 5.03. The van der Waals surface area contributed by atoms with Gasteiger partial charge in [0.25, 0.3) is 0 Å². The van der Waals surface area contributed by atoms with Crippen molar-refractivity contribution >= 4 is 34.4 Å². The first-order chi connectivity index (χ1) is 8.19. The molecule has 1 N–H and O–H groups in total. The molecule has 0 spiro atoms. The monoisotopic (exact) mass is 272 g/mol. The molecule has 2 fully saturated rings. The number of aldehydes is 1. The molecule has 2 aliphatic rings. The van der Waals surface area contributed by atoms with Gasteiger partial charge in [-0.15, -0.1) is 0 Å². The third-order valence-electron chi connectivity index (χ3n) is 3.63. The van der Waals surface area contributed by atoms with Gasteiger partial charge in [-0.25, -0.2) is 4.98 Å². The van der Waals surface area contributed by atoms with Crippen LogP contribution < -0.4 is 4.90 Å². The number of aliphatic hydroxyl groups excluding tert-OH is 1.